The molecule has 0 spiro atoms. The Hall–Kier alpha value is -3.28. The molecular weight excluding hydrogens is 318 g/mol. The molecule has 0 atom stereocenters. The zero-order valence-corrected chi connectivity index (χ0v) is 14.1. The van der Waals surface area contributed by atoms with E-state index in [4.69, 9.17) is 9.47 Å². The van der Waals surface area contributed by atoms with Crippen molar-refractivity contribution in [2.75, 3.05) is 19.0 Å². The molecule has 6 heteroatoms. The lowest BCUT2D eigenvalue weighted by Gasteiger charge is -2.09. The molecule has 0 saturated heterocycles. The largest absolute Gasteiger partial charge is 0.497 e. The molecule has 0 saturated carbocycles. The van der Waals surface area contributed by atoms with Gasteiger partial charge < -0.3 is 14.8 Å². The summed E-state index contributed by atoms with van der Waals surface area (Å²) in [6.07, 6.45) is 0. The maximum Gasteiger partial charge on any atom is 0.252 e. The fourth-order valence-electron chi connectivity index (χ4n) is 2.36. The molecule has 0 aliphatic rings. The molecule has 128 valence electrons. The van der Waals surface area contributed by atoms with Crippen LogP contribution in [0.1, 0.15) is 6.92 Å². The summed E-state index contributed by atoms with van der Waals surface area (Å²) in [4.78, 5) is 19.1. The average Bonchev–Trinajstić information content (AvgIpc) is 2.63. The molecule has 0 unspecified atom stereocenters. The highest BCUT2D eigenvalue weighted by Gasteiger charge is 2.05. The van der Waals surface area contributed by atoms with Gasteiger partial charge in [0.15, 0.2) is 0 Å². The van der Waals surface area contributed by atoms with Crippen molar-refractivity contribution in [1.82, 2.24) is 9.97 Å². The van der Waals surface area contributed by atoms with Gasteiger partial charge in [0.25, 0.3) is 5.56 Å². The van der Waals surface area contributed by atoms with Gasteiger partial charge in [0.2, 0.25) is 5.95 Å². The van der Waals surface area contributed by atoms with E-state index in [9.17, 15) is 4.79 Å². The second-order valence-electron chi connectivity index (χ2n) is 5.29. The lowest BCUT2D eigenvalue weighted by Crippen LogP contribution is -2.10. The number of rotatable bonds is 6. The van der Waals surface area contributed by atoms with Crippen LogP contribution in [0.15, 0.2) is 59.4 Å². The summed E-state index contributed by atoms with van der Waals surface area (Å²) in [6.45, 7) is 2.55. The van der Waals surface area contributed by atoms with Gasteiger partial charge in [-0.25, -0.2) is 4.98 Å². The summed E-state index contributed by atoms with van der Waals surface area (Å²) in [6, 6.07) is 16.3. The van der Waals surface area contributed by atoms with Crippen molar-refractivity contribution in [3.8, 4) is 22.8 Å². The van der Waals surface area contributed by atoms with Crippen LogP contribution in [0.5, 0.6) is 11.5 Å². The fraction of sp³-hybridized carbons (Fsp3) is 0.158. The van der Waals surface area contributed by atoms with Crippen molar-refractivity contribution in [1.29, 1.82) is 0 Å². The third-order valence-electron chi connectivity index (χ3n) is 3.56. The molecule has 2 N–H and O–H groups in total. The zero-order valence-electron chi connectivity index (χ0n) is 14.1. The van der Waals surface area contributed by atoms with E-state index in [1.165, 1.54) is 6.07 Å². The Morgan fingerprint density at radius 2 is 1.72 bits per heavy atom. The Balaban J connectivity index is 1.84. The summed E-state index contributed by atoms with van der Waals surface area (Å²) in [5.74, 6) is 1.92. The summed E-state index contributed by atoms with van der Waals surface area (Å²) in [5, 5.41) is 3.10. The Kier molecular flexibility index (Phi) is 4.99. The lowest BCUT2D eigenvalue weighted by molar-refractivity contribution is 0.340. The topological polar surface area (TPSA) is 76.2 Å². The maximum absolute atomic E-state index is 12.0. The molecular formula is C19H19N3O3. The zero-order chi connectivity index (χ0) is 17.6. The molecule has 0 bridgehead atoms. The predicted octanol–water partition coefficient (Wildman–Crippen LogP) is 3.59. The number of methoxy groups -OCH3 is 1. The third kappa shape index (κ3) is 4.17. The highest BCUT2D eigenvalue weighted by atomic mass is 16.5. The van der Waals surface area contributed by atoms with Crippen LogP contribution < -0.4 is 20.3 Å². The van der Waals surface area contributed by atoms with Gasteiger partial charge in [-0.15, -0.1) is 0 Å². The molecule has 1 heterocycles. The molecule has 3 aromatic rings. The first-order valence-corrected chi connectivity index (χ1v) is 7.93. The van der Waals surface area contributed by atoms with Gasteiger partial charge in [0, 0.05) is 17.3 Å². The van der Waals surface area contributed by atoms with Crippen molar-refractivity contribution < 1.29 is 9.47 Å². The third-order valence-corrected chi connectivity index (χ3v) is 3.56. The van der Waals surface area contributed by atoms with Crippen LogP contribution >= 0.6 is 0 Å². The molecule has 25 heavy (non-hydrogen) atoms. The number of hydrogen-bond donors (Lipinski definition) is 2. The molecule has 6 nitrogen and oxygen atoms in total. The summed E-state index contributed by atoms with van der Waals surface area (Å²) >= 11 is 0. The first-order chi connectivity index (χ1) is 12.2. The van der Waals surface area contributed by atoms with E-state index in [-0.39, 0.29) is 5.56 Å². The minimum atomic E-state index is -0.228. The van der Waals surface area contributed by atoms with Gasteiger partial charge in [-0.1, -0.05) is 0 Å². The van der Waals surface area contributed by atoms with Crippen LogP contribution in [0.2, 0.25) is 0 Å². The number of anilines is 2. The van der Waals surface area contributed by atoms with Crippen LogP contribution in [-0.2, 0) is 0 Å². The number of nitrogens with one attached hydrogen (secondary N) is 2. The van der Waals surface area contributed by atoms with Crippen LogP contribution in [0.3, 0.4) is 0 Å². The Bertz CT molecular complexity index is 887. The smallest absolute Gasteiger partial charge is 0.252 e. The van der Waals surface area contributed by atoms with E-state index in [1.54, 1.807) is 7.11 Å². The van der Waals surface area contributed by atoms with Crippen LogP contribution in [0.4, 0.5) is 11.6 Å². The van der Waals surface area contributed by atoms with E-state index < -0.39 is 0 Å². The van der Waals surface area contributed by atoms with Crippen molar-refractivity contribution in [3.63, 3.8) is 0 Å². The normalized spacial score (nSPS) is 10.3. The number of benzene rings is 2. The van der Waals surface area contributed by atoms with Gasteiger partial charge in [0.05, 0.1) is 19.4 Å². The van der Waals surface area contributed by atoms with Crippen molar-refractivity contribution >= 4 is 11.6 Å². The molecule has 0 aliphatic heterocycles. The number of ether oxygens (including phenoxy) is 2. The van der Waals surface area contributed by atoms with Gasteiger partial charge in [0.1, 0.15) is 11.5 Å². The molecule has 0 aliphatic carbocycles. The van der Waals surface area contributed by atoms with E-state index in [0.29, 0.717) is 18.2 Å². The molecule has 0 radical (unpaired) electrons. The number of aromatic amines is 1. The van der Waals surface area contributed by atoms with Crippen molar-refractivity contribution in [2.45, 2.75) is 6.92 Å². The molecule has 0 fully saturated rings. The number of hydrogen-bond acceptors (Lipinski definition) is 5. The lowest BCUT2D eigenvalue weighted by atomic mass is 10.1. The number of H-pyrrole nitrogens is 1. The molecule has 2 aromatic carbocycles. The first-order valence-electron chi connectivity index (χ1n) is 7.93. The van der Waals surface area contributed by atoms with Gasteiger partial charge in [-0.05, 0) is 55.5 Å². The number of aromatic nitrogens is 2. The quantitative estimate of drug-likeness (QED) is 0.719. The SMILES string of the molecule is CCOc1ccc(Nc2nc(-c3ccc(OC)cc3)cc(=O)[nH]2)cc1. The molecule has 0 amide bonds. The molecule has 1 aromatic heterocycles. The first kappa shape index (κ1) is 16.6. The van der Waals surface area contributed by atoms with E-state index in [1.807, 2.05) is 55.5 Å². The predicted molar refractivity (Wildman–Crippen MR) is 97.7 cm³/mol. The minimum absolute atomic E-state index is 0.228. The maximum atomic E-state index is 12.0. The summed E-state index contributed by atoms with van der Waals surface area (Å²) < 4.78 is 10.6. The van der Waals surface area contributed by atoms with E-state index in [0.717, 1.165) is 22.7 Å². The summed E-state index contributed by atoms with van der Waals surface area (Å²) in [7, 11) is 1.61. The molecule has 3 rings (SSSR count). The Labute approximate surface area is 145 Å². The van der Waals surface area contributed by atoms with E-state index >= 15 is 0 Å². The second kappa shape index (κ2) is 7.53. The van der Waals surface area contributed by atoms with Crippen LogP contribution in [0, 0.1) is 0 Å². The van der Waals surface area contributed by atoms with Gasteiger partial charge in [-0.2, -0.15) is 0 Å². The summed E-state index contributed by atoms with van der Waals surface area (Å²) in [5.41, 5.74) is 1.99. The second-order valence-corrected chi connectivity index (χ2v) is 5.29. The standard InChI is InChI=1S/C19H19N3O3/c1-3-25-16-10-6-14(7-11-16)20-19-21-17(12-18(23)22-19)13-4-8-15(24-2)9-5-13/h4-12H,3H2,1-2H3,(H2,20,21,22,23). The van der Waals surface area contributed by atoms with Crippen LogP contribution in [0.25, 0.3) is 11.3 Å². The van der Waals surface area contributed by atoms with Crippen molar-refractivity contribution in [3.05, 3.63) is 65.0 Å². The fourth-order valence-corrected chi connectivity index (χ4v) is 2.36. The highest BCUT2D eigenvalue weighted by molar-refractivity contribution is 5.62. The Morgan fingerprint density at radius 3 is 2.36 bits per heavy atom. The van der Waals surface area contributed by atoms with E-state index in [2.05, 4.69) is 15.3 Å². The van der Waals surface area contributed by atoms with Crippen molar-refractivity contribution in [2.24, 2.45) is 0 Å². The van der Waals surface area contributed by atoms with Gasteiger partial charge in [-0.3, -0.25) is 9.78 Å². The average molecular weight is 337 g/mol. The number of nitrogens with zero attached hydrogens (tertiary/aromatic N) is 1. The Morgan fingerprint density at radius 1 is 1.04 bits per heavy atom. The van der Waals surface area contributed by atoms with Crippen LogP contribution in [-0.4, -0.2) is 23.7 Å². The highest BCUT2D eigenvalue weighted by Crippen LogP contribution is 2.22. The van der Waals surface area contributed by atoms with Gasteiger partial charge >= 0.3 is 0 Å². The monoisotopic (exact) mass is 337 g/mol. The minimum Gasteiger partial charge on any atom is -0.497 e.